The number of benzene rings is 3. The molecule has 0 atom stereocenters. The number of phenolic OH excluding ortho intramolecular Hbond substituents is 1. The molecule has 4 aromatic rings. The predicted octanol–water partition coefficient (Wildman–Crippen LogP) is 4.43. The molecule has 8 heteroatoms. The van der Waals surface area contributed by atoms with E-state index in [0.29, 0.717) is 24.5 Å². The van der Waals surface area contributed by atoms with Gasteiger partial charge in [0, 0.05) is 0 Å². The average Bonchev–Trinajstić information content (AvgIpc) is 3.18. The van der Waals surface area contributed by atoms with E-state index in [1.165, 1.54) is 24.0 Å². The smallest absolute Gasteiger partial charge is 0.250 e. The Morgan fingerprint density at radius 3 is 2.76 bits per heavy atom. The first kappa shape index (κ1) is 22.4. The molecule has 0 aliphatic heterocycles. The quantitative estimate of drug-likeness (QED) is 0.219. The van der Waals surface area contributed by atoms with Gasteiger partial charge in [0.2, 0.25) is 0 Å². The van der Waals surface area contributed by atoms with Crippen LogP contribution in [0.2, 0.25) is 0 Å². The highest BCUT2D eigenvalue weighted by Crippen LogP contribution is 2.26. The molecular weight excluding hydrogens is 436 g/mol. The molecule has 0 radical (unpaired) electrons. The van der Waals surface area contributed by atoms with Gasteiger partial charge in [-0.2, -0.15) is 5.10 Å². The maximum atomic E-state index is 12.4. The van der Waals surface area contributed by atoms with Crippen LogP contribution in [0.3, 0.4) is 0 Å². The van der Waals surface area contributed by atoms with Crippen molar-refractivity contribution in [1.82, 2.24) is 15.0 Å². The van der Waals surface area contributed by atoms with Crippen molar-refractivity contribution in [2.75, 3.05) is 12.4 Å². The standard InChI is InChI=1S/C25H24N4O3S/c1-2-32-23-14-19(12-13-22(23)30)15-26-28-24(31)17-33-25-27-20-10-6-7-11-21(20)29(25)16-18-8-4-3-5-9-18/h3-15,30H,2,16-17H2,1H3,(H,28,31)/b26-15+. The van der Waals surface area contributed by atoms with Crippen LogP contribution in [0.5, 0.6) is 11.5 Å². The topological polar surface area (TPSA) is 88.7 Å². The number of carbonyl (C=O) groups excluding carboxylic acids is 1. The van der Waals surface area contributed by atoms with Gasteiger partial charge in [-0.25, -0.2) is 10.4 Å². The van der Waals surface area contributed by atoms with Gasteiger partial charge in [0.15, 0.2) is 16.7 Å². The summed E-state index contributed by atoms with van der Waals surface area (Å²) in [5.74, 6) is 0.377. The molecule has 4 rings (SSSR count). The van der Waals surface area contributed by atoms with Gasteiger partial charge in [-0.15, -0.1) is 0 Å². The molecule has 3 aromatic carbocycles. The number of amides is 1. The fourth-order valence-electron chi connectivity index (χ4n) is 3.31. The molecule has 1 aromatic heterocycles. The zero-order chi connectivity index (χ0) is 23.0. The normalized spacial score (nSPS) is 11.2. The number of rotatable bonds is 9. The molecule has 0 unspecified atom stereocenters. The number of imidazole rings is 1. The van der Waals surface area contributed by atoms with Crippen LogP contribution in [0.1, 0.15) is 18.1 Å². The summed E-state index contributed by atoms with van der Waals surface area (Å²) in [6.45, 7) is 2.95. The molecule has 1 heterocycles. The molecule has 0 saturated carbocycles. The van der Waals surface area contributed by atoms with E-state index in [1.807, 2.05) is 49.4 Å². The molecule has 0 aliphatic rings. The number of aromatic nitrogens is 2. The monoisotopic (exact) mass is 460 g/mol. The molecule has 0 fully saturated rings. The number of nitrogens with zero attached hydrogens (tertiary/aromatic N) is 3. The van der Waals surface area contributed by atoms with Gasteiger partial charge in [-0.05, 0) is 48.4 Å². The number of carbonyl (C=O) groups is 1. The Bertz CT molecular complexity index is 1270. The Balaban J connectivity index is 1.41. The Labute approximate surface area is 196 Å². The van der Waals surface area contributed by atoms with Gasteiger partial charge in [0.25, 0.3) is 5.91 Å². The maximum Gasteiger partial charge on any atom is 0.250 e. The number of para-hydroxylation sites is 2. The summed E-state index contributed by atoms with van der Waals surface area (Å²) in [4.78, 5) is 17.1. The van der Waals surface area contributed by atoms with Crippen molar-refractivity contribution in [3.05, 3.63) is 83.9 Å². The Morgan fingerprint density at radius 1 is 1.15 bits per heavy atom. The van der Waals surface area contributed by atoms with Crippen LogP contribution >= 0.6 is 11.8 Å². The SMILES string of the molecule is CCOc1cc(/C=N/NC(=O)CSc2nc3ccccc3n2Cc2ccccc2)ccc1O. The number of aromatic hydroxyl groups is 1. The van der Waals surface area contributed by atoms with Crippen LogP contribution in [0.4, 0.5) is 0 Å². The molecule has 33 heavy (non-hydrogen) atoms. The van der Waals surface area contributed by atoms with Crippen molar-refractivity contribution in [1.29, 1.82) is 0 Å². The highest BCUT2D eigenvalue weighted by atomic mass is 32.2. The summed E-state index contributed by atoms with van der Waals surface area (Å²) >= 11 is 1.37. The second-order valence-electron chi connectivity index (χ2n) is 7.20. The summed E-state index contributed by atoms with van der Waals surface area (Å²) in [7, 11) is 0. The van der Waals surface area contributed by atoms with E-state index in [9.17, 15) is 9.90 Å². The largest absolute Gasteiger partial charge is 0.504 e. The van der Waals surface area contributed by atoms with Crippen LogP contribution in [-0.2, 0) is 11.3 Å². The van der Waals surface area contributed by atoms with Crippen LogP contribution in [0, 0.1) is 0 Å². The first-order chi connectivity index (χ1) is 16.1. The lowest BCUT2D eigenvalue weighted by Gasteiger charge is -2.09. The first-order valence-corrected chi connectivity index (χ1v) is 11.5. The number of ether oxygens (including phenoxy) is 1. The number of hydrogen-bond acceptors (Lipinski definition) is 6. The zero-order valence-electron chi connectivity index (χ0n) is 18.1. The highest BCUT2D eigenvalue weighted by molar-refractivity contribution is 7.99. The molecule has 0 bridgehead atoms. The second kappa shape index (κ2) is 10.7. The average molecular weight is 461 g/mol. The second-order valence-corrected chi connectivity index (χ2v) is 8.14. The Hall–Kier alpha value is -3.78. The van der Waals surface area contributed by atoms with Crippen molar-refractivity contribution in [3.63, 3.8) is 0 Å². The van der Waals surface area contributed by atoms with E-state index in [0.717, 1.165) is 21.8 Å². The summed E-state index contributed by atoms with van der Waals surface area (Å²) < 4.78 is 7.48. The van der Waals surface area contributed by atoms with E-state index in [4.69, 9.17) is 9.72 Å². The molecule has 168 valence electrons. The number of thioether (sulfide) groups is 1. The van der Waals surface area contributed by atoms with Crippen molar-refractivity contribution in [3.8, 4) is 11.5 Å². The zero-order valence-corrected chi connectivity index (χ0v) is 19.0. The third-order valence-electron chi connectivity index (χ3n) is 4.82. The van der Waals surface area contributed by atoms with Gasteiger partial charge >= 0.3 is 0 Å². The van der Waals surface area contributed by atoms with Gasteiger partial charge in [-0.1, -0.05) is 54.2 Å². The van der Waals surface area contributed by atoms with E-state index < -0.39 is 0 Å². The third kappa shape index (κ3) is 5.72. The van der Waals surface area contributed by atoms with Crippen molar-refractivity contribution < 1.29 is 14.6 Å². The highest BCUT2D eigenvalue weighted by Gasteiger charge is 2.13. The number of hydrazone groups is 1. The maximum absolute atomic E-state index is 12.4. The van der Waals surface area contributed by atoms with Crippen molar-refractivity contribution >= 4 is 34.9 Å². The van der Waals surface area contributed by atoms with Gasteiger partial charge in [-0.3, -0.25) is 4.79 Å². The van der Waals surface area contributed by atoms with E-state index in [-0.39, 0.29) is 17.4 Å². The third-order valence-corrected chi connectivity index (χ3v) is 5.80. The number of phenols is 1. The van der Waals surface area contributed by atoms with Crippen LogP contribution in [0.15, 0.2) is 83.1 Å². The minimum absolute atomic E-state index is 0.0628. The molecule has 1 amide bonds. The minimum atomic E-state index is -0.238. The molecule has 0 saturated heterocycles. The van der Waals surface area contributed by atoms with Crippen LogP contribution in [-0.4, -0.2) is 39.1 Å². The van der Waals surface area contributed by atoms with Crippen molar-refractivity contribution in [2.24, 2.45) is 5.10 Å². The molecule has 0 aliphatic carbocycles. The lowest BCUT2D eigenvalue weighted by Crippen LogP contribution is -2.20. The van der Waals surface area contributed by atoms with Crippen LogP contribution in [0.25, 0.3) is 11.0 Å². The predicted molar refractivity (Wildman–Crippen MR) is 131 cm³/mol. The Morgan fingerprint density at radius 2 is 1.94 bits per heavy atom. The van der Waals surface area contributed by atoms with E-state index in [1.54, 1.807) is 12.1 Å². The number of fused-ring (bicyclic) bond motifs is 1. The van der Waals surface area contributed by atoms with Gasteiger partial charge in [0.1, 0.15) is 0 Å². The Kier molecular flexibility index (Phi) is 7.26. The fourth-order valence-corrected chi connectivity index (χ4v) is 4.11. The van der Waals surface area contributed by atoms with Crippen molar-refractivity contribution in [2.45, 2.75) is 18.6 Å². The first-order valence-electron chi connectivity index (χ1n) is 10.5. The molecule has 7 nitrogen and oxygen atoms in total. The summed E-state index contributed by atoms with van der Waals surface area (Å²) in [6, 6.07) is 23.0. The summed E-state index contributed by atoms with van der Waals surface area (Å²) in [5.41, 5.74) is 6.33. The van der Waals surface area contributed by atoms with E-state index in [2.05, 4.69) is 27.2 Å². The lowest BCUT2D eigenvalue weighted by atomic mass is 10.2. The molecular formula is C25H24N4O3S. The summed E-state index contributed by atoms with van der Waals surface area (Å²) in [6.07, 6.45) is 1.51. The lowest BCUT2D eigenvalue weighted by molar-refractivity contribution is -0.118. The number of hydrogen-bond donors (Lipinski definition) is 2. The summed E-state index contributed by atoms with van der Waals surface area (Å²) in [5, 5.41) is 14.6. The van der Waals surface area contributed by atoms with Crippen LogP contribution < -0.4 is 10.2 Å². The van der Waals surface area contributed by atoms with E-state index >= 15 is 0 Å². The molecule has 2 N–H and O–H groups in total. The van der Waals surface area contributed by atoms with Gasteiger partial charge < -0.3 is 14.4 Å². The van der Waals surface area contributed by atoms with Gasteiger partial charge in [0.05, 0.1) is 36.2 Å². The number of nitrogens with one attached hydrogen (secondary N) is 1. The molecule has 0 spiro atoms. The fraction of sp³-hybridized carbons (Fsp3) is 0.160. The minimum Gasteiger partial charge on any atom is -0.504 e.